The Hall–Kier alpha value is -1.71. The first kappa shape index (κ1) is 13.3. The van der Waals surface area contributed by atoms with Crippen LogP contribution in [0.1, 0.15) is 17.2 Å². The zero-order chi connectivity index (χ0) is 14.1. The van der Waals surface area contributed by atoms with E-state index in [-0.39, 0.29) is 5.82 Å². The number of hydrogen-bond acceptors (Lipinski definition) is 1. The number of halogens is 2. The van der Waals surface area contributed by atoms with Gasteiger partial charge in [-0.25, -0.2) is 4.39 Å². The summed E-state index contributed by atoms with van der Waals surface area (Å²) < 4.78 is 14.0. The molecule has 0 amide bonds. The highest BCUT2D eigenvalue weighted by Gasteiger charge is 2.14. The third kappa shape index (κ3) is 2.35. The molecule has 0 heterocycles. The molecule has 0 saturated heterocycles. The van der Waals surface area contributed by atoms with Crippen molar-refractivity contribution in [2.45, 2.75) is 6.10 Å². The monoisotopic (exact) mass is 330 g/mol. The molecule has 100 valence electrons. The van der Waals surface area contributed by atoms with E-state index in [1.807, 2.05) is 42.5 Å². The van der Waals surface area contributed by atoms with Crippen LogP contribution in [-0.4, -0.2) is 5.11 Å². The molecule has 20 heavy (non-hydrogen) atoms. The molecule has 0 spiro atoms. The highest BCUT2D eigenvalue weighted by Crippen LogP contribution is 2.30. The molecule has 1 unspecified atom stereocenters. The van der Waals surface area contributed by atoms with Gasteiger partial charge in [-0.1, -0.05) is 48.5 Å². The average Bonchev–Trinajstić information content (AvgIpc) is 2.49. The minimum absolute atomic E-state index is 0.373. The van der Waals surface area contributed by atoms with Gasteiger partial charge >= 0.3 is 0 Å². The third-order valence-electron chi connectivity index (χ3n) is 3.38. The van der Waals surface area contributed by atoms with Crippen molar-refractivity contribution in [3.63, 3.8) is 0 Å². The predicted molar refractivity (Wildman–Crippen MR) is 82.1 cm³/mol. The normalized spacial score (nSPS) is 12.6. The van der Waals surface area contributed by atoms with E-state index < -0.39 is 6.10 Å². The first-order valence-corrected chi connectivity index (χ1v) is 7.07. The Morgan fingerprint density at radius 3 is 2.50 bits per heavy atom. The molecule has 1 N–H and O–H groups in total. The Labute approximate surface area is 124 Å². The zero-order valence-electron chi connectivity index (χ0n) is 10.6. The SMILES string of the molecule is OC(c1ccc(Br)c(F)c1)c1cccc2ccccc12. The summed E-state index contributed by atoms with van der Waals surface area (Å²) >= 11 is 3.12. The first-order valence-electron chi connectivity index (χ1n) is 6.27. The van der Waals surface area contributed by atoms with E-state index in [1.165, 1.54) is 6.07 Å². The van der Waals surface area contributed by atoms with E-state index in [2.05, 4.69) is 15.9 Å². The second-order valence-corrected chi connectivity index (χ2v) is 5.50. The fourth-order valence-electron chi connectivity index (χ4n) is 2.35. The van der Waals surface area contributed by atoms with Crippen LogP contribution in [0.4, 0.5) is 4.39 Å². The number of rotatable bonds is 2. The molecule has 3 rings (SSSR count). The summed E-state index contributed by atoms with van der Waals surface area (Å²) in [5, 5.41) is 12.6. The fourth-order valence-corrected chi connectivity index (χ4v) is 2.60. The molecule has 0 saturated carbocycles. The number of hydrogen-bond donors (Lipinski definition) is 1. The molecule has 3 aromatic rings. The molecule has 0 bridgehead atoms. The van der Waals surface area contributed by atoms with E-state index >= 15 is 0 Å². The Balaban J connectivity index is 2.12. The molecule has 3 aromatic carbocycles. The molecule has 0 aliphatic carbocycles. The number of fused-ring (bicyclic) bond motifs is 1. The van der Waals surface area contributed by atoms with Crippen molar-refractivity contribution in [2.75, 3.05) is 0 Å². The zero-order valence-corrected chi connectivity index (χ0v) is 12.1. The Bertz CT molecular complexity index is 765. The minimum atomic E-state index is -0.844. The fraction of sp³-hybridized carbons (Fsp3) is 0.0588. The average molecular weight is 331 g/mol. The summed E-state index contributed by atoms with van der Waals surface area (Å²) in [6, 6.07) is 18.3. The van der Waals surface area contributed by atoms with Gasteiger partial charge < -0.3 is 5.11 Å². The van der Waals surface area contributed by atoms with Crippen molar-refractivity contribution in [2.24, 2.45) is 0 Å². The largest absolute Gasteiger partial charge is 0.384 e. The third-order valence-corrected chi connectivity index (χ3v) is 4.02. The summed E-state index contributed by atoms with van der Waals surface area (Å²) in [6.45, 7) is 0. The van der Waals surface area contributed by atoms with Gasteiger partial charge in [-0.05, 0) is 50.0 Å². The maximum Gasteiger partial charge on any atom is 0.137 e. The van der Waals surface area contributed by atoms with E-state index in [0.29, 0.717) is 10.0 Å². The summed E-state index contributed by atoms with van der Waals surface area (Å²) in [5.41, 5.74) is 1.33. The lowest BCUT2D eigenvalue weighted by molar-refractivity contribution is 0.221. The lowest BCUT2D eigenvalue weighted by atomic mass is 9.96. The summed E-state index contributed by atoms with van der Waals surface area (Å²) in [5.74, 6) is -0.373. The topological polar surface area (TPSA) is 20.2 Å². The summed E-state index contributed by atoms with van der Waals surface area (Å²) in [4.78, 5) is 0. The molecule has 0 aliphatic rings. The van der Waals surface area contributed by atoms with Gasteiger partial charge in [-0.15, -0.1) is 0 Å². The molecular weight excluding hydrogens is 319 g/mol. The van der Waals surface area contributed by atoms with E-state index in [1.54, 1.807) is 12.1 Å². The van der Waals surface area contributed by atoms with Gasteiger partial charge in [0.05, 0.1) is 4.47 Å². The van der Waals surface area contributed by atoms with Crippen molar-refractivity contribution in [3.05, 3.63) is 82.1 Å². The molecule has 1 nitrogen and oxygen atoms in total. The van der Waals surface area contributed by atoms with Crippen LogP contribution in [-0.2, 0) is 0 Å². The maximum atomic E-state index is 13.6. The lowest BCUT2D eigenvalue weighted by Crippen LogP contribution is -2.01. The Morgan fingerprint density at radius 1 is 0.950 bits per heavy atom. The van der Waals surface area contributed by atoms with Crippen LogP contribution in [0.3, 0.4) is 0 Å². The Morgan fingerprint density at radius 2 is 1.70 bits per heavy atom. The second kappa shape index (κ2) is 5.35. The highest BCUT2D eigenvalue weighted by atomic mass is 79.9. The second-order valence-electron chi connectivity index (χ2n) is 4.64. The van der Waals surface area contributed by atoms with Gasteiger partial charge in [0.15, 0.2) is 0 Å². The molecular formula is C17H12BrFO. The van der Waals surface area contributed by atoms with E-state index in [4.69, 9.17) is 0 Å². The predicted octanol–water partition coefficient (Wildman–Crippen LogP) is 4.82. The molecule has 1 atom stereocenters. The molecule has 0 aliphatic heterocycles. The first-order chi connectivity index (χ1) is 9.66. The van der Waals surface area contributed by atoms with Gasteiger partial charge in [0.1, 0.15) is 11.9 Å². The van der Waals surface area contributed by atoms with Crippen LogP contribution >= 0.6 is 15.9 Å². The van der Waals surface area contributed by atoms with Crippen LogP contribution in [0.2, 0.25) is 0 Å². The maximum absolute atomic E-state index is 13.6. The van der Waals surface area contributed by atoms with E-state index in [9.17, 15) is 9.50 Å². The minimum Gasteiger partial charge on any atom is -0.384 e. The van der Waals surface area contributed by atoms with Gasteiger partial charge in [0.2, 0.25) is 0 Å². The van der Waals surface area contributed by atoms with Gasteiger partial charge in [-0.3, -0.25) is 0 Å². The van der Waals surface area contributed by atoms with Crippen molar-refractivity contribution in [3.8, 4) is 0 Å². The van der Waals surface area contributed by atoms with Crippen LogP contribution in [0.15, 0.2) is 65.1 Å². The van der Waals surface area contributed by atoms with Crippen molar-refractivity contribution in [1.29, 1.82) is 0 Å². The van der Waals surface area contributed by atoms with E-state index in [0.717, 1.165) is 16.3 Å². The smallest absolute Gasteiger partial charge is 0.137 e. The molecule has 0 fully saturated rings. The molecule has 3 heteroatoms. The Kier molecular flexibility index (Phi) is 3.55. The van der Waals surface area contributed by atoms with Gasteiger partial charge in [0.25, 0.3) is 0 Å². The highest BCUT2D eigenvalue weighted by molar-refractivity contribution is 9.10. The van der Waals surface area contributed by atoms with Crippen molar-refractivity contribution < 1.29 is 9.50 Å². The van der Waals surface area contributed by atoms with Gasteiger partial charge in [-0.2, -0.15) is 0 Å². The lowest BCUT2D eigenvalue weighted by Gasteiger charge is -2.14. The molecule has 0 aromatic heterocycles. The number of aliphatic hydroxyl groups is 1. The quantitative estimate of drug-likeness (QED) is 0.714. The number of aliphatic hydroxyl groups excluding tert-OH is 1. The van der Waals surface area contributed by atoms with Crippen molar-refractivity contribution in [1.82, 2.24) is 0 Å². The molecule has 0 radical (unpaired) electrons. The van der Waals surface area contributed by atoms with Crippen LogP contribution in [0.25, 0.3) is 10.8 Å². The summed E-state index contributed by atoms with van der Waals surface area (Å²) in [7, 11) is 0. The van der Waals surface area contributed by atoms with Crippen molar-refractivity contribution >= 4 is 26.7 Å². The van der Waals surface area contributed by atoms with Crippen LogP contribution in [0.5, 0.6) is 0 Å². The number of benzene rings is 3. The summed E-state index contributed by atoms with van der Waals surface area (Å²) in [6.07, 6.45) is -0.844. The van der Waals surface area contributed by atoms with Gasteiger partial charge in [0, 0.05) is 0 Å². The standard InChI is InChI=1S/C17H12BrFO/c18-15-9-8-12(10-16(15)19)17(20)14-7-3-5-11-4-1-2-6-13(11)14/h1-10,17,20H. The van der Waals surface area contributed by atoms with Crippen LogP contribution < -0.4 is 0 Å². The van der Waals surface area contributed by atoms with Crippen LogP contribution in [0, 0.1) is 5.82 Å².